The van der Waals surface area contributed by atoms with Crippen LogP contribution in [0.4, 0.5) is 0 Å². The van der Waals surface area contributed by atoms with Crippen molar-refractivity contribution < 1.29 is 14.3 Å². The highest BCUT2D eigenvalue weighted by Gasteiger charge is 2.00. The molecule has 1 atom stereocenters. The summed E-state index contributed by atoms with van der Waals surface area (Å²) in [5.74, 6) is 0.523. The Bertz CT molecular complexity index is 393. The zero-order chi connectivity index (χ0) is 13.4. The Labute approximate surface area is 108 Å². The summed E-state index contributed by atoms with van der Waals surface area (Å²) >= 11 is 0. The summed E-state index contributed by atoms with van der Waals surface area (Å²) in [7, 11) is 0. The maximum absolute atomic E-state index is 11.1. The first-order chi connectivity index (χ1) is 8.65. The molecule has 1 aromatic rings. The Morgan fingerprint density at radius 1 is 1.28 bits per heavy atom. The first kappa shape index (κ1) is 14.3. The number of esters is 1. The molecule has 0 aliphatic heterocycles. The van der Waals surface area contributed by atoms with Gasteiger partial charge in [0.05, 0.1) is 12.7 Å². The number of ether oxygens (including phenoxy) is 2. The van der Waals surface area contributed by atoms with Crippen LogP contribution < -0.4 is 4.74 Å². The molecule has 0 fully saturated rings. The largest absolute Gasteiger partial charge is 0.491 e. The van der Waals surface area contributed by atoms with Crippen LogP contribution in [0.3, 0.4) is 0 Å². The average molecular weight is 248 g/mol. The van der Waals surface area contributed by atoms with E-state index in [9.17, 15) is 4.79 Å². The Morgan fingerprint density at radius 2 is 1.94 bits per heavy atom. The summed E-state index contributed by atoms with van der Waals surface area (Å²) in [6.07, 6.45) is 4.34. The molecule has 1 aromatic carbocycles. The van der Waals surface area contributed by atoms with Crippen molar-refractivity contribution >= 4 is 12.0 Å². The molecular formula is C15H20O3. The van der Waals surface area contributed by atoms with Gasteiger partial charge < -0.3 is 9.47 Å². The molecular weight excluding hydrogens is 228 g/mol. The standard InChI is InChI=1S/C15H20O3/c1-4-12(3)18-14-9-6-13(7-10-14)8-11-15(16)17-5-2/h6-12H,4-5H2,1-3H3/b11-8+. The lowest BCUT2D eigenvalue weighted by atomic mass is 10.2. The molecule has 1 rings (SSSR count). The summed E-state index contributed by atoms with van der Waals surface area (Å²) < 4.78 is 10.5. The molecule has 1 unspecified atom stereocenters. The van der Waals surface area contributed by atoms with Gasteiger partial charge in [-0.1, -0.05) is 19.1 Å². The second kappa shape index (κ2) is 7.54. The summed E-state index contributed by atoms with van der Waals surface area (Å²) in [5.41, 5.74) is 0.944. The van der Waals surface area contributed by atoms with Crippen molar-refractivity contribution in [3.05, 3.63) is 35.9 Å². The van der Waals surface area contributed by atoms with Crippen LogP contribution in [-0.4, -0.2) is 18.7 Å². The van der Waals surface area contributed by atoms with E-state index < -0.39 is 0 Å². The minimum Gasteiger partial charge on any atom is -0.491 e. The second-order valence-corrected chi connectivity index (χ2v) is 3.99. The number of hydrogen-bond acceptors (Lipinski definition) is 3. The van der Waals surface area contributed by atoms with Crippen LogP contribution in [0.1, 0.15) is 32.8 Å². The lowest BCUT2D eigenvalue weighted by Gasteiger charge is -2.12. The lowest BCUT2D eigenvalue weighted by Crippen LogP contribution is -2.09. The highest BCUT2D eigenvalue weighted by atomic mass is 16.5. The molecule has 0 N–H and O–H groups in total. The highest BCUT2D eigenvalue weighted by molar-refractivity contribution is 5.87. The van der Waals surface area contributed by atoms with E-state index in [-0.39, 0.29) is 12.1 Å². The first-order valence-corrected chi connectivity index (χ1v) is 6.27. The van der Waals surface area contributed by atoms with E-state index in [2.05, 4.69) is 6.92 Å². The third-order valence-electron chi connectivity index (χ3n) is 2.49. The van der Waals surface area contributed by atoms with Crippen LogP contribution in [0.15, 0.2) is 30.3 Å². The van der Waals surface area contributed by atoms with Crippen LogP contribution in [0.2, 0.25) is 0 Å². The van der Waals surface area contributed by atoms with Crippen LogP contribution >= 0.6 is 0 Å². The summed E-state index contributed by atoms with van der Waals surface area (Å²) in [4.78, 5) is 11.1. The number of carbonyl (C=O) groups excluding carboxylic acids is 1. The number of benzene rings is 1. The van der Waals surface area contributed by atoms with Gasteiger partial charge in [-0.2, -0.15) is 0 Å². The van der Waals surface area contributed by atoms with E-state index in [1.165, 1.54) is 6.08 Å². The SMILES string of the molecule is CCOC(=O)/C=C/c1ccc(OC(C)CC)cc1. The third-order valence-corrected chi connectivity index (χ3v) is 2.49. The maximum Gasteiger partial charge on any atom is 0.330 e. The van der Waals surface area contributed by atoms with Crippen molar-refractivity contribution in [1.29, 1.82) is 0 Å². The summed E-state index contributed by atoms with van der Waals surface area (Å²) in [6.45, 7) is 6.30. The van der Waals surface area contributed by atoms with Gasteiger partial charge in [0.15, 0.2) is 0 Å². The molecule has 0 radical (unpaired) electrons. The first-order valence-electron chi connectivity index (χ1n) is 6.27. The van der Waals surface area contributed by atoms with Gasteiger partial charge in [0.2, 0.25) is 0 Å². The van der Waals surface area contributed by atoms with E-state index in [1.54, 1.807) is 13.0 Å². The molecule has 0 saturated carbocycles. The van der Waals surface area contributed by atoms with Crippen LogP contribution in [0, 0.1) is 0 Å². The van der Waals surface area contributed by atoms with Crippen molar-refractivity contribution in [2.24, 2.45) is 0 Å². The highest BCUT2D eigenvalue weighted by Crippen LogP contribution is 2.15. The monoisotopic (exact) mass is 248 g/mol. The predicted octanol–water partition coefficient (Wildman–Crippen LogP) is 3.44. The molecule has 3 heteroatoms. The third kappa shape index (κ3) is 5.04. The van der Waals surface area contributed by atoms with Crippen molar-refractivity contribution in [3.63, 3.8) is 0 Å². The van der Waals surface area contributed by atoms with Crippen LogP contribution in [0.5, 0.6) is 5.75 Å². The minimum absolute atomic E-state index is 0.214. The topological polar surface area (TPSA) is 35.5 Å². The maximum atomic E-state index is 11.1. The number of hydrogen-bond donors (Lipinski definition) is 0. The van der Waals surface area contributed by atoms with Gasteiger partial charge in [-0.05, 0) is 44.0 Å². The van der Waals surface area contributed by atoms with Crippen LogP contribution in [0.25, 0.3) is 6.08 Å². The molecule has 3 nitrogen and oxygen atoms in total. The van der Waals surface area contributed by atoms with Crippen molar-refractivity contribution in [2.75, 3.05) is 6.61 Å². The van der Waals surface area contributed by atoms with Gasteiger partial charge >= 0.3 is 5.97 Å². The molecule has 0 saturated heterocycles. The fourth-order valence-electron chi connectivity index (χ4n) is 1.33. The average Bonchev–Trinajstić information content (AvgIpc) is 2.38. The van der Waals surface area contributed by atoms with Crippen molar-refractivity contribution in [2.45, 2.75) is 33.3 Å². The quantitative estimate of drug-likeness (QED) is 0.571. The fraction of sp³-hybridized carbons (Fsp3) is 0.400. The molecule has 0 aliphatic rings. The van der Waals surface area contributed by atoms with Gasteiger partial charge in [-0.25, -0.2) is 4.79 Å². The second-order valence-electron chi connectivity index (χ2n) is 3.99. The van der Waals surface area contributed by atoms with Gasteiger partial charge in [-0.3, -0.25) is 0 Å². The van der Waals surface area contributed by atoms with E-state index in [4.69, 9.17) is 9.47 Å². The molecule has 0 heterocycles. The zero-order valence-corrected chi connectivity index (χ0v) is 11.2. The van der Waals surface area contributed by atoms with E-state index in [0.717, 1.165) is 17.7 Å². The van der Waals surface area contributed by atoms with E-state index >= 15 is 0 Å². The number of carbonyl (C=O) groups is 1. The van der Waals surface area contributed by atoms with Crippen LogP contribution in [-0.2, 0) is 9.53 Å². The molecule has 0 aromatic heterocycles. The summed E-state index contributed by atoms with van der Waals surface area (Å²) in [5, 5.41) is 0. The molecule has 0 bridgehead atoms. The molecule has 98 valence electrons. The van der Waals surface area contributed by atoms with Gasteiger partial charge in [0, 0.05) is 6.08 Å². The zero-order valence-electron chi connectivity index (χ0n) is 11.2. The molecule has 0 aliphatic carbocycles. The Morgan fingerprint density at radius 3 is 2.50 bits per heavy atom. The van der Waals surface area contributed by atoms with E-state index in [0.29, 0.717) is 6.61 Å². The molecule has 0 spiro atoms. The van der Waals surface area contributed by atoms with Crippen molar-refractivity contribution in [1.82, 2.24) is 0 Å². The lowest BCUT2D eigenvalue weighted by molar-refractivity contribution is -0.137. The summed E-state index contributed by atoms with van der Waals surface area (Å²) in [6, 6.07) is 7.62. The normalized spacial score (nSPS) is 12.4. The molecule has 18 heavy (non-hydrogen) atoms. The minimum atomic E-state index is -0.322. The van der Waals surface area contributed by atoms with Gasteiger partial charge in [0.1, 0.15) is 5.75 Å². The Balaban J connectivity index is 2.57. The Kier molecular flexibility index (Phi) is 5.98. The van der Waals surface area contributed by atoms with Gasteiger partial charge in [-0.15, -0.1) is 0 Å². The van der Waals surface area contributed by atoms with E-state index in [1.807, 2.05) is 31.2 Å². The Hall–Kier alpha value is -1.77. The van der Waals surface area contributed by atoms with Gasteiger partial charge in [0.25, 0.3) is 0 Å². The number of rotatable bonds is 6. The molecule has 0 amide bonds. The smallest absolute Gasteiger partial charge is 0.330 e. The van der Waals surface area contributed by atoms with Crippen molar-refractivity contribution in [3.8, 4) is 5.75 Å². The fourth-order valence-corrected chi connectivity index (χ4v) is 1.33. The predicted molar refractivity (Wildman–Crippen MR) is 72.5 cm³/mol.